The molecule has 1 aromatic carbocycles. The summed E-state index contributed by atoms with van der Waals surface area (Å²) >= 11 is 2.33. The van der Waals surface area contributed by atoms with Crippen LogP contribution in [-0.2, 0) is 14.4 Å². The van der Waals surface area contributed by atoms with Gasteiger partial charge in [-0.3, -0.25) is 24.4 Å². The summed E-state index contributed by atoms with van der Waals surface area (Å²) in [5.74, 6) is -3.66. The minimum absolute atomic E-state index is 0.0759. The lowest BCUT2D eigenvalue weighted by Gasteiger charge is -2.49. The second-order valence-electron chi connectivity index (χ2n) is 7.56. The first-order valence-corrected chi connectivity index (χ1v) is 11.9. The number of aromatic nitrogens is 3. The van der Waals surface area contributed by atoms with Crippen LogP contribution in [0.4, 0.5) is 0 Å². The molecule has 0 bridgehead atoms. The number of fused-ring (bicyclic) bond motifs is 1. The zero-order chi connectivity index (χ0) is 25.4. The number of carboxylic acid groups (broad SMARTS) is 1. The molecule has 14 nitrogen and oxygen atoms in total. The number of amides is 3. The van der Waals surface area contributed by atoms with Gasteiger partial charge >= 0.3 is 5.97 Å². The zero-order valence-electron chi connectivity index (χ0n) is 17.7. The normalized spacial score (nSPS) is 20.1. The van der Waals surface area contributed by atoms with E-state index in [2.05, 4.69) is 20.7 Å². The van der Waals surface area contributed by atoms with Gasteiger partial charge in [-0.15, -0.1) is 16.9 Å². The van der Waals surface area contributed by atoms with Gasteiger partial charge in [0.1, 0.15) is 39.7 Å². The number of hydrogen-bond donors (Lipinski definition) is 7. The predicted octanol–water partition coefficient (Wildman–Crippen LogP) is -1.15. The first kappa shape index (κ1) is 24.4. The molecule has 2 unspecified atom stereocenters. The minimum atomic E-state index is -1.31. The molecule has 16 heteroatoms. The lowest BCUT2D eigenvalue weighted by atomic mass is 10.0. The van der Waals surface area contributed by atoms with Crippen molar-refractivity contribution in [3.8, 4) is 11.5 Å². The van der Waals surface area contributed by atoms with Gasteiger partial charge in [-0.05, 0) is 23.3 Å². The summed E-state index contributed by atoms with van der Waals surface area (Å²) in [5, 5.41) is 40.7. The number of thioether (sulfide) groups is 2. The van der Waals surface area contributed by atoms with Gasteiger partial charge in [-0.25, -0.2) is 4.79 Å². The second-order valence-corrected chi connectivity index (χ2v) is 9.65. The molecule has 3 amide bonds. The number of hydrogen-bond acceptors (Lipinski definition) is 11. The molecule has 4 rings (SSSR count). The van der Waals surface area contributed by atoms with Crippen LogP contribution in [0.25, 0.3) is 0 Å². The molecule has 0 aliphatic carbocycles. The van der Waals surface area contributed by atoms with Crippen LogP contribution in [0.1, 0.15) is 22.1 Å². The summed E-state index contributed by atoms with van der Waals surface area (Å²) in [6.07, 6.45) is 0. The molecule has 184 valence electrons. The monoisotopic (exact) mass is 521 g/mol. The number of rotatable bonds is 8. The van der Waals surface area contributed by atoms with E-state index in [4.69, 9.17) is 11.5 Å². The Morgan fingerprint density at radius 1 is 1.29 bits per heavy atom. The molecule has 1 aromatic heterocycles. The van der Waals surface area contributed by atoms with E-state index in [1.165, 1.54) is 23.9 Å². The highest BCUT2D eigenvalue weighted by atomic mass is 32.2. The van der Waals surface area contributed by atoms with Gasteiger partial charge in [0.25, 0.3) is 11.8 Å². The number of phenolic OH excluding ortho intramolecular Hbond substituents is 2. The van der Waals surface area contributed by atoms with Crippen molar-refractivity contribution in [3.05, 3.63) is 40.7 Å². The van der Waals surface area contributed by atoms with Gasteiger partial charge in [-0.2, -0.15) is 0 Å². The molecule has 2 aliphatic rings. The van der Waals surface area contributed by atoms with Crippen LogP contribution in [0.2, 0.25) is 0 Å². The van der Waals surface area contributed by atoms with E-state index < -0.39 is 41.1 Å². The van der Waals surface area contributed by atoms with Gasteiger partial charge in [0.2, 0.25) is 5.91 Å². The van der Waals surface area contributed by atoms with E-state index in [-0.39, 0.29) is 45.0 Å². The van der Waals surface area contributed by atoms with Crippen LogP contribution in [0.15, 0.2) is 34.5 Å². The number of β-lactam (4-membered cyclic amide) rings is 1. The number of phenols is 2. The fourth-order valence-corrected chi connectivity index (χ4v) is 6.04. The van der Waals surface area contributed by atoms with E-state index in [1.807, 2.05) is 0 Å². The molecular weight excluding hydrogens is 502 g/mol. The number of carbonyl (C=O) groups excluding carboxylic acids is 3. The molecule has 2 aliphatic heterocycles. The standard InChI is InChI=1S/C19H19N7O7S2/c20-10(6-1-8(27)3-9(28)2-6)15(30)22-12-17(31)26-13(19(32)33)7(5-35-18(12)26)4-34-16-11(14(21)29)23-25-24-16/h1-3,10,12,18,27-28H,4-5,20H2,(H2,21,29)(H,22,30)(H,32,33)(H,23,24,25)/t10?,12?,18-/m1/s1. The Kier molecular flexibility index (Phi) is 6.60. The molecule has 0 saturated carbocycles. The Bertz CT molecular complexity index is 1240. The summed E-state index contributed by atoms with van der Waals surface area (Å²) in [4.78, 5) is 49.9. The van der Waals surface area contributed by atoms with Gasteiger partial charge in [0.05, 0.1) is 0 Å². The fourth-order valence-electron chi connectivity index (χ4n) is 3.63. The van der Waals surface area contributed by atoms with E-state index in [1.54, 1.807) is 0 Å². The first-order valence-electron chi connectivity index (χ1n) is 9.91. The van der Waals surface area contributed by atoms with Crippen molar-refractivity contribution in [2.45, 2.75) is 22.5 Å². The number of benzene rings is 1. The number of H-pyrrole nitrogens is 1. The highest BCUT2D eigenvalue weighted by Crippen LogP contribution is 2.41. The zero-order valence-corrected chi connectivity index (χ0v) is 19.3. The number of aromatic amines is 1. The average Bonchev–Trinajstić information content (AvgIpc) is 3.28. The van der Waals surface area contributed by atoms with Crippen molar-refractivity contribution < 1.29 is 34.5 Å². The summed E-state index contributed by atoms with van der Waals surface area (Å²) < 4.78 is 0. The number of primary amides is 1. The van der Waals surface area contributed by atoms with E-state index in [0.717, 1.165) is 22.7 Å². The lowest BCUT2D eigenvalue weighted by molar-refractivity contribution is -0.150. The van der Waals surface area contributed by atoms with Crippen LogP contribution >= 0.6 is 23.5 Å². The molecule has 0 spiro atoms. The molecule has 3 heterocycles. The molecule has 3 atom stereocenters. The molecule has 35 heavy (non-hydrogen) atoms. The van der Waals surface area contributed by atoms with Crippen LogP contribution in [-0.4, -0.2) is 82.2 Å². The maximum absolute atomic E-state index is 12.8. The van der Waals surface area contributed by atoms with Crippen molar-refractivity contribution in [2.24, 2.45) is 11.5 Å². The Balaban J connectivity index is 1.47. The van der Waals surface area contributed by atoms with Gasteiger partial charge in [-0.1, -0.05) is 17.0 Å². The number of aromatic hydroxyl groups is 2. The lowest BCUT2D eigenvalue weighted by Crippen LogP contribution is -2.71. The van der Waals surface area contributed by atoms with Crippen molar-refractivity contribution >= 4 is 47.2 Å². The first-order chi connectivity index (χ1) is 16.6. The summed E-state index contributed by atoms with van der Waals surface area (Å²) in [7, 11) is 0. The Labute approximate surface area is 205 Å². The number of nitrogens with one attached hydrogen (secondary N) is 2. The van der Waals surface area contributed by atoms with Crippen molar-refractivity contribution in [3.63, 3.8) is 0 Å². The number of nitrogens with two attached hydrogens (primary N) is 2. The summed E-state index contributed by atoms with van der Waals surface area (Å²) in [6.45, 7) is 0. The fraction of sp³-hybridized carbons (Fsp3) is 0.263. The second kappa shape index (κ2) is 9.47. The van der Waals surface area contributed by atoms with E-state index in [9.17, 15) is 34.5 Å². The van der Waals surface area contributed by atoms with E-state index >= 15 is 0 Å². The van der Waals surface area contributed by atoms with Crippen molar-refractivity contribution in [1.29, 1.82) is 0 Å². The maximum Gasteiger partial charge on any atom is 0.352 e. The maximum atomic E-state index is 12.8. The van der Waals surface area contributed by atoms with Crippen LogP contribution < -0.4 is 16.8 Å². The molecule has 1 saturated heterocycles. The van der Waals surface area contributed by atoms with Crippen LogP contribution in [0.3, 0.4) is 0 Å². The molecule has 2 aromatic rings. The SMILES string of the molecule is NC(=O)c1nn[nH]c1SCC1=C(C(=O)O)N2C(=O)C(NC(=O)C(N)c3cc(O)cc(O)c3)[C@H]2SC1. The van der Waals surface area contributed by atoms with Crippen LogP contribution in [0.5, 0.6) is 11.5 Å². The third-order valence-corrected chi connectivity index (χ3v) is 7.66. The van der Waals surface area contributed by atoms with Gasteiger partial charge < -0.3 is 32.1 Å². The third kappa shape index (κ3) is 4.62. The predicted molar refractivity (Wildman–Crippen MR) is 122 cm³/mol. The Morgan fingerprint density at radius 2 is 1.97 bits per heavy atom. The number of nitrogens with zero attached hydrogens (tertiary/aromatic N) is 3. The molecule has 0 radical (unpaired) electrons. The van der Waals surface area contributed by atoms with Crippen LogP contribution in [0, 0.1) is 0 Å². The van der Waals surface area contributed by atoms with Gasteiger partial charge in [0, 0.05) is 17.6 Å². The minimum Gasteiger partial charge on any atom is -0.508 e. The Morgan fingerprint density at radius 3 is 2.60 bits per heavy atom. The highest BCUT2D eigenvalue weighted by molar-refractivity contribution is 8.01. The molecule has 1 fully saturated rings. The van der Waals surface area contributed by atoms with Crippen molar-refractivity contribution in [1.82, 2.24) is 25.6 Å². The largest absolute Gasteiger partial charge is 0.508 e. The molecule has 9 N–H and O–H groups in total. The Hall–Kier alpha value is -3.76. The highest BCUT2D eigenvalue weighted by Gasteiger charge is 2.54. The van der Waals surface area contributed by atoms with Crippen molar-refractivity contribution in [2.75, 3.05) is 11.5 Å². The number of carboxylic acids is 1. The summed E-state index contributed by atoms with van der Waals surface area (Å²) in [5.41, 5.74) is 11.4. The summed E-state index contributed by atoms with van der Waals surface area (Å²) in [6, 6.07) is 1.20. The van der Waals surface area contributed by atoms with Gasteiger partial charge in [0.15, 0.2) is 5.69 Å². The number of carbonyl (C=O) groups is 4. The molecular formula is C19H19N7O7S2. The van der Waals surface area contributed by atoms with E-state index in [0.29, 0.717) is 5.57 Å². The topological polar surface area (TPSA) is 238 Å². The number of aliphatic carboxylic acids is 1. The quantitative estimate of drug-likeness (QED) is 0.161. The third-order valence-electron chi connectivity index (χ3n) is 5.25. The average molecular weight is 522 g/mol. The smallest absolute Gasteiger partial charge is 0.352 e.